The van der Waals surface area contributed by atoms with E-state index in [1.807, 2.05) is 30.3 Å². The van der Waals surface area contributed by atoms with Gasteiger partial charge in [0.2, 0.25) is 0 Å². The first-order valence-corrected chi connectivity index (χ1v) is 11.6. The second-order valence-electron chi connectivity index (χ2n) is 8.61. The van der Waals surface area contributed by atoms with Gasteiger partial charge in [0.1, 0.15) is 17.5 Å². The number of halogens is 3. The van der Waals surface area contributed by atoms with Crippen LogP contribution in [0.15, 0.2) is 54.9 Å². The molecule has 0 amide bonds. The van der Waals surface area contributed by atoms with Gasteiger partial charge in [-0.15, -0.1) is 0 Å². The third-order valence-electron chi connectivity index (χ3n) is 5.49. The number of imidazole rings is 2. The van der Waals surface area contributed by atoms with E-state index in [0.29, 0.717) is 23.6 Å². The van der Waals surface area contributed by atoms with Crippen molar-refractivity contribution in [3.63, 3.8) is 0 Å². The average molecular weight is 483 g/mol. The fourth-order valence-corrected chi connectivity index (χ4v) is 3.73. The Morgan fingerprint density at radius 2 is 1.43 bits per heavy atom. The Kier molecular flexibility index (Phi) is 7.67. The van der Waals surface area contributed by atoms with Crippen LogP contribution in [0.2, 0.25) is 0 Å². The summed E-state index contributed by atoms with van der Waals surface area (Å²) in [4.78, 5) is 14.9. The number of H-pyrrole nitrogens is 2. The normalized spacial score (nSPS) is 11.8. The lowest BCUT2D eigenvalue weighted by Crippen LogP contribution is -2.29. The van der Waals surface area contributed by atoms with Gasteiger partial charge in [-0.3, -0.25) is 0 Å². The molecule has 4 N–H and O–H groups in total. The van der Waals surface area contributed by atoms with Crippen LogP contribution in [0, 0.1) is 5.82 Å². The van der Waals surface area contributed by atoms with Crippen LogP contribution in [0.1, 0.15) is 31.9 Å². The SMILES string of the molecule is CCCNCc1ncc(-c2ccc(-c3ccc(-c4cnc(CNCC(C)(F)F)[nH]4)cc3)cc2F)[nH]1. The quantitative estimate of drug-likeness (QED) is 0.212. The van der Waals surface area contributed by atoms with E-state index in [9.17, 15) is 13.2 Å². The molecule has 9 heteroatoms. The summed E-state index contributed by atoms with van der Waals surface area (Å²) in [6.45, 7) is 4.29. The van der Waals surface area contributed by atoms with Crippen LogP contribution >= 0.6 is 0 Å². The van der Waals surface area contributed by atoms with Gasteiger partial charge < -0.3 is 20.6 Å². The summed E-state index contributed by atoms with van der Waals surface area (Å²) in [5, 5.41) is 5.95. The van der Waals surface area contributed by atoms with E-state index in [1.54, 1.807) is 18.5 Å². The lowest BCUT2D eigenvalue weighted by atomic mass is 10.0. The summed E-state index contributed by atoms with van der Waals surface area (Å²) in [6, 6.07) is 12.8. The molecule has 0 saturated heterocycles. The molecule has 2 aromatic carbocycles. The molecule has 6 nitrogen and oxygen atoms in total. The third-order valence-corrected chi connectivity index (χ3v) is 5.49. The molecular weight excluding hydrogens is 453 g/mol. The highest BCUT2D eigenvalue weighted by molar-refractivity contribution is 5.71. The van der Waals surface area contributed by atoms with E-state index < -0.39 is 12.5 Å². The standard InChI is InChI=1S/C26H29F3N6/c1-3-10-30-14-24-33-13-23(35-24)20-9-8-19(11-21(20)27)17-4-6-18(7-5-17)22-12-32-25(34-22)15-31-16-26(2,28)29/h4-9,11-13,30-31H,3,10,14-16H2,1-2H3,(H,32,34)(H,33,35). The number of nitrogens with one attached hydrogen (secondary N) is 4. The third kappa shape index (κ3) is 6.58. The van der Waals surface area contributed by atoms with Crippen LogP contribution in [-0.2, 0) is 13.1 Å². The molecular formula is C26H29F3N6. The maximum absolute atomic E-state index is 14.9. The lowest BCUT2D eigenvalue weighted by Gasteiger charge is -2.10. The van der Waals surface area contributed by atoms with Crippen molar-refractivity contribution in [2.24, 2.45) is 0 Å². The highest BCUT2D eigenvalue weighted by Crippen LogP contribution is 2.29. The zero-order valence-corrected chi connectivity index (χ0v) is 19.8. The number of hydrogen-bond donors (Lipinski definition) is 4. The molecule has 0 aliphatic rings. The van der Waals surface area contributed by atoms with E-state index in [2.05, 4.69) is 37.5 Å². The van der Waals surface area contributed by atoms with Crippen LogP contribution in [0.25, 0.3) is 33.6 Å². The second kappa shape index (κ2) is 10.9. The van der Waals surface area contributed by atoms with Gasteiger partial charge in [0.15, 0.2) is 0 Å². The van der Waals surface area contributed by atoms with E-state index in [-0.39, 0.29) is 12.4 Å². The topological polar surface area (TPSA) is 81.4 Å². The van der Waals surface area contributed by atoms with Crippen LogP contribution in [0.5, 0.6) is 0 Å². The summed E-state index contributed by atoms with van der Waals surface area (Å²) >= 11 is 0. The predicted octanol–water partition coefficient (Wildman–Crippen LogP) is 5.52. The number of alkyl halides is 2. The molecule has 4 aromatic rings. The summed E-state index contributed by atoms with van der Waals surface area (Å²) in [6.07, 6.45) is 4.35. The molecule has 0 unspecified atom stereocenters. The van der Waals surface area contributed by atoms with E-state index in [0.717, 1.165) is 48.1 Å². The molecule has 0 aliphatic heterocycles. The molecule has 0 fully saturated rings. The maximum Gasteiger partial charge on any atom is 0.257 e. The minimum Gasteiger partial charge on any atom is -0.341 e. The first-order chi connectivity index (χ1) is 16.8. The monoisotopic (exact) mass is 482 g/mol. The average Bonchev–Trinajstić information content (AvgIpc) is 3.49. The minimum absolute atomic E-state index is 0.222. The van der Waals surface area contributed by atoms with Crippen molar-refractivity contribution in [3.8, 4) is 33.6 Å². The summed E-state index contributed by atoms with van der Waals surface area (Å²) in [5.74, 6) is -1.75. The van der Waals surface area contributed by atoms with Gasteiger partial charge in [-0.05, 0) is 41.8 Å². The summed E-state index contributed by atoms with van der Waals surface area (Å²) < 4.78 is 40.8. The van der Waals surface area contributed by atoms with E-state index >= 15 is 0 Å². The summed E-state index contributed by atoms with van der Waals surface area (Å²) in [7, 11) is 0. The molecule has 2 aromatic heterocycles. The Balaban J connectivity index is 1.42. The largest absolute Gasteiger partial charge is 0.341 e. The molecule has 35 heavy (non-hydrogen) atoms. The zero-order chi connectivity index (χ0) is 24.8. The zero-order valence-electron chi connectivity index (χ0n) is 19.8. The van der Waals surface area contributed by atoms with Crippen molar-refractivity contribution in [2.45, 2.75) is 39.3 Å². The number of benzene rings is 2. The first-order valence-electron chi connectivity index (χ1n) is 11.6. The second-order valence-corrected chi connectivity index (χ2v) is 8.61. The van der Waals surface area contributed by atoms with E-state index in [4.69, 9.17) is 0 Å². The number of rotatable bonds is 11. The van der Waals surface area contributed by atoms with Gasteiger partial charge in [0.05, 0.1) is 43.4 Å². The molecule has 0 bridgehead atoms. The fraction of sp³-hybridized carbons (Fsp3) is 0.308. The Labute approximate surface area is 202 Å². The van der Waals surface area contributed by atoms with E-state index in [1.165, 1.54) is 6.07 Å². The predicted molar refractivity (Wildman–Crippen MR) is 131 cm³/mol. The fourth-order valence-electron chi connectivity index (χ4n) is 3.73. The number of nitrogens with zero attached hydrogens (tertiary/aromatic N) is 2. The van der Waals surface area contributed by atoms with Crippen molar-refractivity contribution in [1.82, 2.24) is 30.6 Å². The molecule has 0 saturated carbocycles. The summed E-state index contributed by atoms with van der Waals surface area (Å²) in [5.41, 5.74) is 4.43. The van der Waals surface area contributed by atoms with Crippen molar-refractivity contribution in [3.05, 3.63) is 72.3 Å². The van der Waals surface area contributed by atoms with Crippen molar-refractivity contribution in [1.29, 1.82) is 0 Å². The molecule has 0 aliphatic carbocycles. The van der Waals surface area contributed by atoms with Crippen LogP contribution in [0.4, 0.5) is 13.2 Å². The van der Waals surface area contributed by atoms with Crippen LogP contribution in [-0.4, -0.2) is 38.9 Å². The van der Waals surface area contributed by atoms with Gasteiger partial charge in [-0.2, -0.15) is 0 Å². The smallest absolute Gasteiger partial charge is 0.257 e. The molecule has 0 spiro atoms. The van der Waals surface area contributed by atoms with Crippen LogP contribution in [0.3, 0.4) is 0 Å². The first kappa shape index (κ1) is 24.7. The minimum atomic E-state index is -2.77. The van der Waals surface area contributed by atoms with Gasteiger partial charge in [-0.25, -0.2) is 23.1 Å². The highest BCUT2D eigenvalue weighted by Gasteiger charge is 2.20. The number of hydrogen-bond acceptors (Lipinski definition) is 4. The van der Waals surface area contributed by atoms with Gasteiger partial charge >= 0.3 is 0 Å². The number of aromatic nitrogens is 4. The Morgan fingerprint density at radius 3 is 2.09 bits per heavy atom. The van der Waals surface area contributed by atoms with Crippen molar-refractivity contribution >= 4 is 0 Å². The van der Waals surface area contributed by atoms with Crippen molar-refractivity contribution in [2.75, 3.05) is 13.1 Å². The Bertz CT molecular complexity index is 1240. The molecule has 184 valence electrons. The van der Waals surface area contributed by atoms with Gasteiger partial charge in [0.25, 0.3) is 5.92 Å². The van der Waals surface area contributed by atoms with Crippen LogP contribution < -0.4 is 10.6 Å². The molecule has 4 rings (SSSR count). The van der Waals surface area contributed by atoms with Crippen molar-refractivity contribution < 1.29 is 13.2 Å². The van der Waals surface area contributed by atoms with Gasteiger partial charge in [-0.1, -0.05) is 37.3 Å². The molecule has 0 radical (unpaired) electrons. The maximum atomic E-state index is 14.9. The molecule has 2 heterocycles. The lowest BCUT2D eigenvalue weighted by molar-refractivity contribution is 0.0223. The molecule has 0 atom stereocenters. The highest BCUT2D eigenvalue weighted by atomic mass is 19.3. The Hall–Kier alpha value is -3.43. The van der Waals surface area contributed by atoms with Gasteiger partial charge in [0, 0.05) is 12.5 Å². The number of aromatic amines is 2. The Morgan fingerprint density at radius 1 is 0.829 bits per heavy atom.